The van der Waals surface area contributed by atoms with Gasteiger partial charge < -0.3 is 19.8 Å². The predicted molar refractivity (Wildman–Crippen MR) is 122 cm³/mol. The fourth-order valence-corrected chi connectivity index (χ4v) is 4.34. The van der Waals surface area contributed by atoms with Gasteiger partial charge in [-0.25, -0.2) is 0 Å². The highest BCUT2D eigenvalue weighted by atomic mass is 16.5. The summed E-state index contributed by atoms with van der Waals surface area (Å²) >= 11 is 0. The monoisotopic (exact) mass is 433 g/mol. The summed E-state index contributed by atoms with van der Waals surface area (Å²) in [6.45, 7) is 0.832. The van der Waals surface area contributed by atoms with Crippen LogP contribution in [0, 0.1) is 5.92 Å². The molecule has 0 aliphatic carbocycles. The molecule has 1 atom stereocenters. The van der Waals surface area contributed by atoms with Gasteiger partial charge in [0.25, 0.3) is 5.91 Å². The van der Waals surface area contributed by atoms with Gasteiger partial charge in [-0.15, -0.1) is 0 Å². The molecule has 3 aromatic carbocycles. The molecule has 0 radical (unpaired) electrons. The average Bonchev–Trinajstić information content (AvgIpc) is 2.82. The van der Waals surface area contributed by atoms with Crippen molar-refractivity contribution in [2.45, 2.75) is 24.9 Å². The SMILES string of the molecule is O=C(O)CC(COc1ccccc1)C1(O)CCN(C(=O)c2ccc3ccccc3c2)CC1. The van der Waals surface area contributed by atoms with Gasteiger partial charge in [0.05, 0.1) is 18.6 Å². The van der Waals surface area contributed by atoms with Crippen molar-refractivity contribution in [3.05, 3.63) is 78.4 Å². The smallest absolute Gasteiger partial charge is 0.303 e. The first-order valence-corrected chi connectivity index (χ1v) is 10.8. The Kier molecular flexibility index (Phi) is 6.42. The lowest BCUT2D eigenvalue weighted by Crippen LogP contribution is -2.52. The Bertz CT molecular complexity index is 1090. The van der Waals surface area contributed by atoms with Crippen molar-refractivity contribution < 1.29 is 24.5 Å². The lowest BCUT2D eigenvalue weighted by molar-refractivity contribution is -0.144. The summed E-state index contributed by atoms with van der Waals surface area (Å²) in [4.78, 5) is 26.2. The lowest BCUT2D eigenvalue weighted by Gasteiger charge is -2.42. The molecule has 2 N–H and O–H groups in total. The number of ether oxygens (including phenoxy) is 1. The van der Waals surface area contributed by atoms with E-state index in [-0.39, 0.29) is 18.9 Å². The van der Waals surface area contributed by atoms with Crippen LogP contribution in [0.4, 0.5) is 0 Å². The number of carbonyl (C=O) groups excluding carboxylic acids is 1. The van der Waals surface area contributed by atoms with E-state index in [4.69, 9.17) is 4.74 Å². The second kappa shape index (κ2) is 9.40. The van der Waals surface area contributed by atoms with Crippen molar-refractivity contribution in [1.82, 2.24) is 4.90 Å². The van der Waals surface area contributed by atoms with Gasteiger partial charge in [-0.3, -0.25) is 9.59 Å². The summed E-state index contributed by atoms with van der Waals surface area (Å²) in [7, 11) is 0. The number of likely N-dealkylation sites (tertiary alicyclic amines) is 1. The zero-order valence-corrected chi connectivity index (χ0v) is 17.8. The molecule has 4 rings (SSSR count). The van der Waals surface area contributed by atoms with Crippen molar-refractivity contribution in [1.29, 1.82) is 0 Å². The van der Waals surface area contributed by atoms with E-state index in [9.17, 15) is 19.8 Å². The van der Waals surface area contributed by atoms with Crippen LogP contribution in [0.1, 0.15) is 29.6 Å². The van der Waals surface area contributed by atoms with Crippen LogP contribution in [0.15, 0.2) is 72.8 Å². The number of nitrogens with zero attached hydrogens (tertiary/aromatic N) is 1. The maximum absolute atomic E-state index is 13.0. The zero-order valence-electron chi connectivity index (χ0n) is 17.8. The highest BCUT2D eigenvalue weighted by Crippen LogP contribution is 2.33. The van der Waals surface area contributed by atoms with Gasteiger partial charge in [0.2, 0.25) is 0 Å². The number of hydrogen-bond donors (Lipinski definition) is 2. The standard InChI is InChI=1S/C26H27NO5/c28-24(29)17-22(18-32-23-8-2-1-3-9-23)26(31)12-14-27(15-13-26)25(30)21-11-10-19-6-4-5-7-20(19)16-21/h1-11,16,22,31H,12-15,17-18H2,(H,28,29). The quantitative estimate of drug-likeness (QED) is 0.589. The second-order valence-electron chi connectivity index (χ2n) is 8.38. The molecule has 1 amide bonds. The third kappa shape index (κ3) is 4.92. The van der Waals surface area contributed by atoms with Gasteiger partial charge in [0.15, 0.2) is 0 Å². The van der Waals surface area contributed by atoms with E-state index in [0.29, 0.717) is 37.2 Å². The van der Waals surface area contributed by atoms with E-state index in [1.54, 1.807) is 17.0 Å². The highest BCUT2D eigenvalue weighted by molar-refractivity contribution is 5.98. The number of carbonyl (C=O) groups is 2. The molecule has 1 unspecified atom stereocenters. The van der Waals surface area contributed by atoms with E-state index in [1.807, 2.05) is 60.7 Å². The Hall–Kier alpha value is -3.38. The van der Waals surface area contributed by atoms with Gasteiger partial charge in [-0.1, -0.05) is 48.5 Å². The number of amides is 1. The average molecular weight is 434 g/mol. The minimum absolute atomic E-state index is 0.0758. The molecule has 3 aromatic rings. The van der Waals surface area contributed by atoms with E-state index >= 15 is 0 Å². The van der Waals surface area contributed by atoms with Crippen LogP contribution in [0.25, 0.3) is 10.8 Å². The van der Waals surface area contributed by atoms with Crippen LogP contribution in [0.5, 0.6) is 5.75 Å². The van der Waals surface area contributed by atoms with Crippen LogP contribution in [-0.4, -0.2) is 52.3 Å². The zero-order chi connectivity index (χ0) is 22.6. The topological polar surface area (TPSA) is 87.1 Å². The Morgan fingerprint density at radius 2 is 1.59 bits per heavy atom. The largest absolute Gasteiger partial charge is 0.493 e. The highest BCUT2D eigenvalue weighted by Gasteiger charge is 2.42. The number of fused-ring (bicyclic) bond motifs is 1. The van der Waals surface area contributed by atoms with Gasteiger partial charge in [-0.05, 0) is 47.9 Å². The first-order valence-electron chi connectivity index (χ1n) is 10.8. The van der Waals surface area contributed by atoms with Gasteiger partial charge in [0.1, 0.15) is 5.75 Å². The molecule has 1 heterocycles. The maximum atomic E-state index is 13.0. The Balaban J connectivity index is 1.42. The van der Waals surface area contributed by atoms with E-state index in [1.165, 1.54) is 0 Å². The van der Waals surface area contributed by atoms with Gasteiger partial charge >= 0.3 is 5.97 Å². The normalized spacial score (nSPS) is 16.5. The number of aliphatic hydroxyl groups is 1. The van der Waals surface area contributed by atoms with Crippen LogP contribution in [0.3, 0.4) is 0 Å². The van der Waals surface area contributed by atoms with Crippen molar-refractivity contribution in [2.75, 3.05) is 19.7 Å². The molecule has 32 heavy (non-hydrogen) atoms. The summed E-state index contributed by atoms with van der Waals surface area (Å²) in [6.07, 6.45) is 0.423. The molecule has 0 saturated carbocycles. The molecule has 1 aliphatic heterocycles. The van der Waals surface area contributed by atoms with Gasteiger partial charge in [-0.2, -0.15) is 0 Å². The number of aliphatic carboxylic acids is 1. The Morgan fingerprint density at radius 3 is 2.28 bits per heavy atom. The number of piperidine rings is 1. The molecular formula is C26H27NO5. The number of para-hydroxylation sites is 1. The van der Waals surface area contributed by atoms with Gasteiger partial charge in [0, 0.05) is 24.6 Å². The fourth-order valence-electron chi connectivity index (χ4n) is 4.34. The first kappa shape index (κ1) is 21.8. The van der Waals surface area contributed by atoms with Crippen molar-refractivity contribution in [3.8, 4) is 5.75 Å². The van der Waals surface area contributed by atoms with Crippen LogP contribution >= 0.6 is 0 Å². The van der Waals surface area contributed by atoms with E-state index in [0.717, 1.165) is 10.8 Å². The molecule has 1 saturated heterocycles. The van der Waals surface area contributed by atoms with Crippen LogP contribution in [-0.2, 0) is 4.79 Å². The molecule has 1 fully saturated rings. The van der Waals surface area contributed by atoms with Crippen molar-refractivity contribution in [2.24, 2.45) is 5.92 Å². The maximum Gasteiger partial charge on any atom is 0.303 e. The third-order valence-corrected chi connectivity index (χ3v) is 6.29. The van der Waals surface area contributed by atoms with Crippen LogP contribution in [0.2, 0.25) is 0 Å². The summed E-state index contributed by atoms with van der Waals surface area (Å²) in [5.41, 5.74) is -0.587. The molecule has 1 aliphatic rings. The molecule has 166 valence electrons. The molecular weight excluding hydrogens is 406 g/mol. The molecule has 0 aromatic heterocycles. The first-order chi connectivity index (χ1) is 15.4. The summed E-state index contributed by atoms with van der Waals surface area (Å²) < 4.78 is 5.77. The van der Waals surface area contributed by atoms with Crippen LogP contribution < -0.4 is 4.74 Å². The minimum atomic E-state index is -1.20. The van der Waals surface area contributed by atoms with Crippen molar-refractivity contribution >= 4 is 22.6 Å². The van der Waals surface area contributed by atoms with E-state index in [2.05, 4.69) is 0 Å². The number of rotatable bonds is 7. The van der Waals surface area contributed by atoms with Crippen molar-refractivity contribution in [3.63, 3.8) is 0 Å². The summed E-state index contributed by atoms with van der Waals surface area (Å²) in [6, 6.07) is 22.7. The Morgan fingerprint density at radius 1 is 0.938 bits per heavy atom. The molecule has 0 spiro atoms. The number of carboxylic acids is 1. The van der Waals surface area contributed by atoms with E-state index < -0.39 is 17.5 Å². The third-order valence-electron chi connectivity index (χ3n) is 6.29. The number of hydrogen-bond acceptors (Lipinski definition) is 4. The summed E-state index contributed by atoms with van der Waals surface area (Å²) in [5.74, 6) is -0.989. The number of benzene rings is 3. The molecule has 6 nitrogen and oxygen atoms in total. The predicted octanol–water partition coefficient (Wildman–Crippen LogP) is 3.98. The summed E-state index contributed by atoms with van der Waals surface area (Å²) in [5, 5.41) is 22.7. The Labute approximate surface area is 187 Å². The molecule has 6 heteroatoms. The molecule has 0 bridgehead atoms. The minimum Gasteiger partial charge on any atom is -0.493 e. The fraction of sp³-hybridized carbons (Fsp3) is 0.308. The lowest BCUT2D eigenvalue weighted by atomic mass is 9.78. The second-order valence-corrected chi connectivity index (χ2v) is 8.38. The number of carboxylic acid groups (broad SMARTS) is 1.